The number of halogens is 3. The third-order valence-corrected chi connectivity index (χ3v) is 7.72. The molecule has 0 aliphatic carbocycles. The van der Waals surface area contributed by atoms with E-state index < -0.39 is 27.7 Å². The van der Waals surface area contributed by atoms with Crippen LogP contribution in [0.25, 0.3) is 0 Å². The molecule has 152 valence electrons. The lowest BCUT2D eigenvalue weighted by Crippen LogP contribution is -2.50. The Morgan fingerprint density at radius 3 is 2.07 bits per heavy atom. The molecule has 0 radical (unpaired) electrons. The van der Waals surface area contributed by atoms with Crippen LogP contribution in [-0.2, 0) is 16.2 Å². The summed E-state index contributed by atoms with van der Waals surface area (Å²) in [5.41, 5.74) is -0.671. The minimum Gasteiger partial charge on any atom is -0.336 e. The topological polar surface area (TPSA) is 57.7 Å². The Morgan fingerprint density at radius 1 is 1.04 bits per heavy atom. The van der Waals surface area contributed by atoms with E-state index in [4.69, 9.17) is 0 Å². The Morgan fingerprint density at radius 2 is 1.61 bits per heavy atom. The zero-order valence-corrected chi connectivity index (χ0v) is 16.9. The number of carbonyl (C=O) groups excluding carboxylic acids is 1. The zero-order valence-electron chi connectivity index (χ0n) is 15.3. The van der Waals surface area contributed by atoms with Gasteiger partial charge in [-0.05, 0) is 44.2 Å². The highest BCUT2D eigenvalue weighted by Gasteiger charge is 2.33. The molecule has 28 heavy (non-hydrogen) atoms. The summed E-state index contributed by atoms with van der Waals surface area (Å²) in [6, 6.07) is 5.68. The standard InChI is InChI=1S/C18H19F3N2O3S2/c1-12-11-16(13(2)27-12)28(25,26)23-9-7-22(8-10-23)17(24)14-3-5-15(6-4-14)18(19,20)21/h3-6,11H,7-10H2,1-2H3. The molecule has 0 atom stereocenters. The first-order valence-corrected chi connectivity index (χ1v) is 10.8. The van der Waals surface area contributed by atoms with Crippen LogP contribution in [-0.4, -0.2) is 49.7 Å². The largest absolute Gasteiger partial charge is 0.416 e. The summed E-state index contributed by atoms with van der Waals surface area (Å²) >= 11 is 1.42. The Hall–Kier alpha value is -1.91. The van der Waals surface area contributed by atoms with Crippen molar-refractivity contribution in [1.29, 1.82) is 0 Å². The minimum atomic E-state index is -4.46. The van der Waals surface area contributed by atoms with Gasteiger partial charge in [0.1, 0.15) is 0 Å². The first-order valence-electron chi connectivity index (χ1n) is 8.54. The molecule has 1 aromatic carbocycles. The Kier molecular flexibility index (Phi) is 5.57. The lowest BCUT2D eigenvalue weighted by atomic mass is 10.1. The van der Waals surface area contributed by atoms with Crippen LogP contribution in [0.2, 0.25) is 0 Å². The molecule has 10 heteroatoms. The van der Waals surface area contributed by atoms with E-state index in [0.29, 0.717) is 0 Å². The number of hydrogen-bond donors (Lipinski definition) is 0. The van der Waals surface area contributed by atoms with Crippen molar-refractivity contribution >= 4 is 27.3 Å². The molecule has 1 fully saturated rings. The van der Waals surface area contributed by atoms with Crippen LogP contribution in [0.5, 0.6) is 0 Å². The summed E-state index contributed by atoms with van der Waals surface area (Å²) in [6.45, 7) is 4.25. The molecule has 0 unspecified atom stereocenters. The van der Waals surface area contributed by atoms with Gasteiger partial charge in [-0.3, -0.25) is 4.79 Å². The third kappa shape index (κ3) is 4.08. The van der Waals surface area contributed by atoms with Crippen molar-refractivity contribution < 1.29 is 26.4 Å². The van der Waals surface area contributed by atoms with Gasteiger partial charge < -0.3 is 4.90 Å². The van der Waals surface area contributed by atoms with Gasteiger partial charge in [0.2, 0.25) is 10.0 Å². The Labute approximate surface area is 165 Å². The van der Waals surface area contributed by atoms with Crippen molar-refractivity contribution in [3.63, 3.8) is 0 Å². The summed E-state index contributed by atoms with van der Waals surface area (Å²) in [6.07, 6.45) is -4.46. The van der Waals surface area contributed by atoms with E-state index in [1.165, 1.54) is 20.5 Å². The van der Waals surface area contributed by atoms with E-state index in [2.05, 4.69) is 0 Å². The van der Waals surface area contributed by atoms with Crippen LogP contribution >= 0.6 is 11.3 Å². The fourth-order valence-corrected chi connectivity index (χ4v) is 6.06. The normalized spacial score (nSPS) is 16.4. The molecule has 0 saturated carbocycles. The van der Waals surface area contributed by atoms with Crippen molar-refractivity contribution in [3.05, 3.63) is 51.2 Å². The average Bonchev–Trinajstić information content (AvgIpc) is 2.99. The van der Waals surface area contributed by atoms with E-state index in [1.807, 2.05) is 6.92 Å². The maximum atomic E-state index is 12.8. The lowest BCUT2D eigenvalue weighted by Gasteiger charge is -2.34. The number of thiophene rings is 1. The van der Waals surface area contributed by atoms with Crippen molar-refractivity contribution in [2.24, 2.45) is 0 Å². The van der Waals surface area contributed by atoms with Gasteiger partial charge in [-0.25, -0.2) is 8.42 Å². The summed E-state index contributed by atoms with van der Waals surface area (Å²) < 4.78 is 64.9. The van der Waals surface area contributed by atoms with Crippen LogP contribution in [0.15, 0.2) is 35.2 Å². The molecular formula is C18H19F3N2O3S2. The number of piperazine rings is 1. The molecule has 1 aromatic heterocycles. The summed E-state index contributed by atoms with van der Waals surface area (Å²) in [4.78, 5) is 15.9. The predicted molar refractivity (Wildman–Crippen MR) is 99.9 cm³/mol. The summed E-state index contributed by atoms with van der Waals surface area (Å²) in [7, 11) is -3.63. The van der Waals surface area contributed by atoms with Crippen molar-refractivity contribution in [2.45, 2.75) is 24.9 Å². The lowest BCUT2D eigenvalue weighted by molar-refractivity contribution is -0.137. The number of rotatable bonds is 3. The molecule has 2 heterocycles. The smallest absolute Gasteiger partial charge is 0.336 e. The molecule has 0 N–H and O–H groups in total. The van der Waals surface area contributed by atoms with Crippen molar-refractivity contribution in [2.75, 3.05) is 26.2 Å². The van der Waals surface area contributed by atoms with Crippen molar-refractivity contribution in [1.82, 2.24) is 9.21 Å². The maximum absolute atomic E-state index is 12.8. The second kappa shape index (κ2) is 7.49. The van der Waals surface area contributed by atoms with E-state index in [0.717, 1.165) is 34.0 Å². The number of carbonyl (C=O) groups is 1. The van der Waals surface area contributed by atoms with Crippen molar-refractivity contribution in [3.8, 4) is 0 Å². The van der Waals surface area contributed by atoms with Gasteiger partial charge in [0.05, 0.1) is 10.5 Å². The third-order valence-electron chi connectivity index (χ3n) is 4.60. The maximum Gasteiger partial charge on any atom is 0.416 e. The molecule has 5 nitrogen and oxygen atoms in total. The second-order valence-corrected chi connectivity index (χ2v) is 9.92. The molecule has 1 amide bonds. The molecule has 0 spiro atoms. The van der Waals surface area contributed by atoms with Gasteiger partial charge in [-0.1, -0.05) is 0 Å². The molecule has 0 bridgehead atoms. The number of amides is 1. The number of sulfonamides is 1. The van der Waals surface area contributed by atoms with Gasteiger partial charge in [-0.2, -0.15) is 17.5 Å². The van der Waals surface area contributed by atoms with Crippen LogP contribution < -0.4 is 0 Å². The molecule has 1 aliphatic heterocycles. The number of hydrogen-bond acceptors (Lipinski definition) is 4. The van der Waals surface area contributed by atoms with Crippen LogP contribution in [0, 0.1) is 13.8 Å². The van der Waals surface area contributed by atoms with Gasteiger partial charge in [0.15, 0.2) is 0 Å². The number of alkyl halides is 3. The molecular weight excluding hydrogens is 413 g/mol. The summed E-state index contributed by atoms with van der Waals surface area (Å²) in [5.74, 6) is -0.409. The fraction of sp³-hybridized carbons (Fsp3) is 0.389. The fourth-order valence-electron chi connectivity index (χ4n) is 3.12. The Balaban J connectivity index is 1.68. The first kappa shape index (κ1) is 20.8. The molecule has 2 aromatic rings. The minimum absolute atomic E-state index is 0.142. The number of aryl methyl sites for hydroxylation is 2. The van der Waals surface area contributed by atoms with Gasteiger partial charge in [0, 0.05) is 41.5 Å². The van der Waals surface area contributed by atoms with Crippen LogP contribution in [0.4, 0.5) is 13.2 Å². The van der Waals surface area contributed by atoms with Crippen LogP contribution in [0.1, 0.15) is 25.7 Å². The number of benzene rings is 1. The predicted octanol–water partition coefficient (Wildman–Crippen LogP) is 3.53. The molecule has 1 aliphatic rings. The SMILES string of the molecule is Cc1cc(S(=O)(=O)N2CCN(C(=O)c3ccc(C(F)(F)F)cc3)CC2)c(C)s1. The van der Waals surface area contributed by atoms with E-state index >= 15 is 0 Å². The zero-order chi connectivity index (χ0) is 20.7. The Bertz CT molecular complexity index is 974. The average molecular weight is 432 g/mol. The molecule has 1 saturated heterocycles. The highest BCUT2D eigenvalue weighted by molar-refractivity contribution is 7.89. The highest BCUT2D eigenvalue weighted by atomic mass is 32.2. The van der Waals surface area contributed by atoms with Gasteiger partial charge in [0.25, 0.3) is 5.91 Å². The van der Waals surface area contributed by atoms with Gasteiger partial charge in [-0.15, -0.1) is 11.3 Å². The van der Waals surface area contributed by atoms with Crippen LogP contribution in [0.3, 0.4) is 0 Å². The van der Waals surface area contributed by atoms with E-state index in [9.17, 15) is 26.4 Å². The number of nitrogens with zero attached hydrogens (tertiary/aromatic N) is 2. The molecule has 3 rings (SSSR count). The second-order valence-electron chi connectivity index (χ2n) is 6.55. The van der Waals surface area contributed by atoms with E-state index in [-0.39, 0.29) is 36.6 Å². The quantitative estimate of drug-likeness (QED) is 0.746. The first-order chi connectivity index (χ1) is 13.0. The highest BCUT2D eigenvalue weighted by Crippen LogP contribution is 2.30. The summed E-state index contributed by atoms with van der Waals surface area (Å²) in [5, 5.41) is 0. The van der Waals surface area contributed by atoms with Gasteiger partial charge >= 0.3 is 6.18 Å². The van der Waals surface area contributed by atoms with E-state index in [1.54, 1.807) is 13.0 Å². The monoisotopic (exact) mass is 432 g/mol.